The molecular weight excluding hydrogens is 472 g/mol. The van der Waals surface area contributed by atoms with Gasteiger partial charge in [0.05, 0.1) is 0 Å². The summed E-state index contributed by atoms with van der Waals surface area (Å²) < 4.78 is 4.77. The Morgan fingerprint density at radius 3 is 1.00 bits per heavy atom. The minimum atomic E-state index is -0.450. The van der Waals surface area contributed by atoms with Crippen LogP contribution >= 0.6 is 0 Å². The van der Waals surface area contributed by atoms with Gasteiger partial charge in [-0.2, -0.15) is 0 Å². The second-order valence-electron chi connectivity index (χ2n) is 6.36. The summed E-state index contributed by atoms with van der Waals surface area (Å²) in [5.41, 5.74) is 0. The molecule has 4 aliphatic carbocycles. The van der Waals surface area contributed by atoms with Crippen molar-refractivity contribution in [2.24, 2.45) is 0 Å². The zero-order valence-corrected chi connectivity index (χ0v) is 19.4. The molecule has 0 atom stereocenters. The molecule has 4 rings (SSSR count). The maximum Gasteiger partial charge on any atom is 0.313 e. The van der Waals surface area contributed by atoms with E-state index in [-0.39, 0.29) is 47.0 Å². The second-order valence-corrected chi connectivity index (χ2v) is 6.36. The molecule has 0 aromatic heterocycles. The second kappa shape index (κ2) is 20.8. The van der Waals surface area contributed by atoms with Crippen molar-refractivity contribution in [1.29, 1.82) is 0 Å². The summed E-state index contributed by atoms with van der Waals surface area (Å²) in [7, 11) is 0. The van der Waals surface area contributed by atoms with Gasteiger partial charge in [-0.05, 0) is 140 Å². The van der Waals surface area contributed by atoms with Gasteiger partial charge in [-0.1, -0.05) is 0 Å². The Balaban J connectivity index is 0.000000615. The van der Waals surface area contributed by atoms with Gasteiger partial charge in [0.15, 0.2) is 0 Å². The number of hydrogen-bond donors (Lipinski definition) is 0. The third-order valence-electron chi connectivity index (χ3n) is 4.04. The van der Waals surface area contributed by atoms with E-state index in [4.69, 9.17) is 4.74 Å². The van der Waals surface area contributed by atoms with E-state index in [1.165, 1.54) is 0 Å². The van der Waals surface area contributed by atoms with Crippen LogP contribution in [0.5, 0.6) is 0 Å². The van der Waals surface area contributed by atoms with Crippen molar-refractivity contribution in [3.63, 3.8) is 0 Å². The average molecular weight is 498 g/mol. The number of rotatable bonds is 6. The molecule has 3 nitrogen and oxygen atoms in total. The molecule has 0 unspecified atom stereocenters. The predicted molar refractivity (Wildman–Crippen MR) is 113 cm³/mol. The molecule has 20 radical (unpaired) electrons. The summed E-state index contributed by atoms with van der Waals surface area (Å²) in [5.74, 6) is 1.27. The van der Waals surface area contributed by atoms with E-state index in [1.54, 1.807) is 0 Å². The van der Waals surface area contributed by atoms with Gasteiger partial charge >= 0.3 is 11.9 Å². The van der Waals surface area contributed by atoms with Gasteiger partial charge in [-0.15, -0.1) is 0 Å². The summed E-state index contributed by atoms with van der Waals surface area (Å²) in [4.78, 5) is 22.9. The van der Waals surface area contributed by atoms with E-state index >= 15 is 0 Å². The van der Waals surface area contributed by atoms with Crippen LogP contribution in [-0.2, 0) is 48.5 Å². The molecule has 0 bridgehead atoms. The van der Waals surface area contributed by atoms with Gasteiger partial charge < -0.3 is 4.74 Å². The van der Waals surface area contributed by atoms with Gasteiger partial charge in [0.2, 0.25) is 0 Å². The zero-order chi connectivity index (χ0) is 20.6. The van der Waals surface area contributed by atoms with E-state index in [2.05, 4.69) is 0 Å². The molecule has 5 heteroatoms. The Morgan fingerprint density at radius 2 is 0.742 bits per heavy atom. The molecule has 0 heterocycles. The van der Waals surface area contributed by atoms with Gasteiger partial charge in [-0.25, -0.2) is 0 Å². The molecule has 0 amide bonds. The fourth-order valence-electron chi connectivity index (χ4n) is 2.52. The van der Waals surface area contributed by atoms with Crippen molar-refractivity contribution in [3.8, 4) is 0 Å². The van der Waals surface area contributed by atoms with Crippen LogP contribution in [0.25, 0.3) is 0 Å². The van der Waals surface area contributed by atoms with E-state index in [0.717, 1.165) is 11.8 Å². The monoisotopic (exact) mass is 498 g/mol. The van der Waals surface area contributed by atoms with E-state index in [1.807, 2.05) is 116 Å². The number of carbonyl (C=O) groups excluding carboxylic acids is 2. The van der Waals surface area contributed by atoms with E-state index in [0.29, 0.717) is 12.8 Å². The molecule has 31 heavy (non-hydrogen) atoms. The molecule has 4 fully saturated rings. The maximum atomic E-state index is 11.5. The van der Waals surface area contributed by atoms with Gasteiger partial charge in [0.25, 0.3) is 0 Å². The molecule has 4 saturated carbocycles. The van der Waals surface area contributed by atoms with Crippen molar-refractivity contribution in [3.05, 3.63) is 127 Å². The van der Waals surface area contributed by atoms with Crippen molar-refractivity contribution in [2.75, 3.05) is 0 Å². The van der Waals surface area contributed by atoms with Gasteiger partial charge in [0.1, 0.15) is 0 Å². The van der Waals surface area contributed by atoms with Gasteiger partial charge in [-0.3, -0.25) is 9.59 Å². The van der Waals surface area contributed by atoms with Crippen LogP contribution in [0.2, 0.25) is 0 Å². The fourth-order valence-corrected chi connectivity index (χ4v) is 2.52. The third-order valence-corrected chi connectivity index (χ3v) is 4.04. The Kier molecular flexibility index (Phi) is 20.9. The quantitative estimate of drug-likeness (QED) is 0.309. The third kappa shape index (κ3) is 16.4. The summed E-state index contributed by atoms with van der Waals surface area (Å²) in [5, 5.41) is 0. The minimum absolute atomic E-state index is 0. The molecule has 0 spiro atoms. The van der Waals surface area contributed by atoms with Crippen LogP contribution in [0.3, 0.4) is 0 Å². The van der Waals surface area contributed by atoms with E-state index < -0.39 is 11.9 Å². The smallest absolute Gasteiger partial charge is 0.313 e. The molecule has 0 aromatic rings. The summed E-state index contributed by atoms with van der Waals surface area (Å²) in [6.07, 6.45) is 37.2. The number of hydrogen-bond acceptors (Lipinski definition) is 3. The zero-order valence-electron chi connectivity index (χ0n) is 17.2. The Morgan fingerprint density at radius 1 is 0.484 bits per heavy atom. The maximum absolute atomic E-state index is 11.5. The largest absolute Gasteiger partial charge is 0.393 e. The standard InChI is InChI=1S/C16H16O3.2C5H5.2Fe/c17-15(11-9-13-5-1-2-6-13)19-16(18)12-10-14-7-3-4-8-14;2*1-2-4-5-3-1;;/h1-8H,9-12H2;2*1-5H;;. The van der Waals surface area contributed by atoms with Crippen molar-refractivity contribution < 1.29 is 48.5 Å². The molecule has 4 aliphatic rings. The number of carbonyl (C=O) groups is 2. The molecule has 0 saturated heterocycles. The van der Waals surface area contributed by atoms with Crippen molar-refractivity contribution in [2.45, 2.75) is 25.7 Å². The predicted octanol–water partition coefficient (Wildman–Crippen LogP) is 4.47. The first kappa shape index (κ1) is 31.2. The molecular formula is C26H26Fe2O3. The molecule has 0 aliphatic heterocycles. The Labute approximate surface area is 212 Å². The van der Waals surface area contributed by atoms with Crippen LogP contribution in [-0.4, -0.2) is 11.9 Å². The van der Waals surface area contributed by atoms with Crippen molar-refractivity contribution in [1.82, 2.24) is 0 Å². The van der Waals surface area contributed by atoms with Crippen molar-refractivity contribution >= 4 is 11.9 Å². The fraction of sp³-hybridized carbons (Fsp3) is 0.154. The van der Waals surface area contributed by atoms with Crippen LogP contribution in [0.4, 0.5) is 0 Å². The molecule has 0 aromatic carbocycles. The summed E-state index contributed by atoms with van der Waals surface area (Å²) in [6, 6.07) is 0. The Hall–Kier alpha value is 0.179. The SMILES string of the molecule is O=C(CC[C]1[CH][CH][CH][CH]1)OC(=O)CC[C]1[CH][CH][CH][CH]1.[CH]1[CH][CH][CH][CH]1.[CH]1[CH][CH][CH][CH]1.[Fe].[Fe]. The van der Waals surface area contributed by atoms with E-state index in [9.17, 15) is 9.59 Å². The first-order chi connectivity index (χ1) is 14.2. The molecule has 0 N–H and O–H groups in total. The normalized spacial score (nSPS) is 20.5. The first-order valence-electron chi connectivity index (χ1n) is 9.72. The Bertz CT molecular complexity index is 381. The summed E-state index contributed by atoms with van der Waals surface area (Å²) in [6.45, 7) is 0. The van der Waals surface area contributed by atoms with Crippen LogP contribution < -0.4 is 0 Å². The number of ether oxygens (including phenoxy) is 1. The molecule has 164 valence electrons. The summed E-state index contributed by atoms with van der Waals surface area (Å²) >= 11 is 0. The van der Waals surface area contributed by atoms with Gasteiger partial charge in [0, 0.05) is 47.0 Å². The van der Waals surface area contributed by atoms with Crippen LogP contribution in [0, 0.1) is 127 Å². The van der Waals surface area contributed by atoms with Crippen LogP contribution in [0.15, 0.2) is 0 Å². The number of esters is 2. The first-order valence-corrected chi connectivity index (χ1v) is 9.72. The topological polar surface area (TPSA) is 43.4 Å². The average Bonchev–Trinajstić information content (AvgIpc) is 3.56. The van der Waals surface area contributed by atoms with Crippen LogP contribution in [0.1, 0.15) is 25.7 Å². The minimum Gasteiger partial charge on any atom is -0.393 e.